The van der Waals surface area contributed by atoms with Crippen LogP contribution in [0.3, 0.4) is 0 Å². The van der Waals surface area contributed by atoms with Gasteiger partial charge in [0.05, 0.1) is 11.7 Å². The number of aryl methyl sites for hydroxylation is 1. The Hall–Kier alpha value is -2.19. The third-order valence-corrected chi connectivity index (χ3v) is 3.41. The minimum atomic E-state index is -0.189. The van der Waals surface area contributed by atoms with Gasteiger partial charge in [-0.1, -0.05) is 42.5 Å². The number of hydrogen-bond acceptors (Lipinski definition) is 2. The van der Waals surface area contributed by atoms with Gasteiger partial charge in [0.15, 0.2) is 0 Å². The first-order valence-electron chi connectivity index (χ1n) is 6.41. The molecule has 0 radical (unpaired) electrons. The van der Waals surface area contributed by atoms with Gasteiger partial charge < -0.3 is 5.73 Å². The van der Waals surface area contributed by atoms with Gasteiger partial charge in [-0.15, -0.1) is 0 Å². The van der Waals surface area contributed by atoms with Gasteiger partial charge >= 0.3 is 0 Å². The van der Waals surface area contributed by atoms with Crippen LogP contribution in [0.2, 0.25) is 0 Å². The van der Waals surface area contributed by atoms with Gasteiger partial charge in [0.25, 0.3) is 0 Å². The molecule has 2 N–H and O–H groups in total. The summed E-state index contributed by atoms with van der Waals surface area (Å²) in [5, 5.41) is 2.41. The molecule has 2 aromatic carbocycles. The molecule has 1 atom stereocenters. The summed E-state index contributed by atoms with van der Waals surface area (Å²) in [6.45, 7) is 2.06. The molecule has 0 aliphatic heterocycles. The lowest BCUT2D eigenvalue weighted by atomic mass is 9.96. The molecular formula is C17H16N2. The normalized spacial score (nSPS) is 12.5. The number of fused-ring (bicyclic) bond motifs is 1. The maximum Gasteiger partial charge on any atom is 0.0732 e. The van der Waals surface area contributed by atoms with E-state index in [2.05, 4.69) is 36.2 Å². The maximum atomic E-state index is 6.39. The zero-order valence-electron chi connectivity index (χ0n) is 10.9. The second-order valence-corrected chi connectivity index (χ2v) is 4.80. The van der Waals surface area contributed by atoms with Crippen LogP contribution in [-0.4, -0.2) is 4.98 Å². The van der Waals surface area contributed by atoms with E-state index in [1.165, 1.54) is 16.3 Å². The molecule has 19 heavy (non-hydrogen) atoms. The third-order valence-electron chi connectivity index (χ3n) is 3.41. The van der Waals surface area contributed by atoms with E-state index in [1.807, 2.05) is 36.5 Å². The maximum absolute atomic E-state index is 6.39. The highest BCUT2D eigenvalue weighted by Gasteiger charge is 2.13. The topological polar surface area (TPSA) is 38.9 Å². The summed E-state index contributed by atoms with van der Waals surface area (Å²) < 4.78 is 0. The molecule has 1 heterocycles. The number of benzene rings is 2. The molecule has 0 aliphatic carbocycles. The first-order valence-corrected chi connectivity index (χ1v) is 6.41. The van der Waals surface area contributed by atoms with E-state index in [4.69, 9.17) is 5.73 Å². The summed E-state index contributed by atoms with van der Waals surface area (Å²) in [5.41, 5.74) is 9.60. The monoisotopic (exact) mass is 248 g/mol. The van der Waals surface area contributed by atoms with Crippen LogP contribution in [0.15, 0.2) is 60.8 Å². The Bertz CT molecular complexity index is 714. The predicted octanol–water partition coefficient (Wildman–Crippen LogP) is 3.59. The lowest BCUT2D eigenvalue weighted by Crippen LogP contribution is -2.14. The van der Waals surface area contributed by atoms with Crippen molar-refractivity contribution in [2.24, 2.45) is 5.73 Å². The van der Waals surface area contributed by atoms with Gasteiger partial charge in [-0.3, -0.25) is 4.98 Å². The molecule has 1 aromatic heterocycles. The molecule has 2 heteroatoms. The van der Waals surface area contributed by atoms with Crippen LogP contribution in [0.4, 0.5) is 0 Å². The standard InChI is InChI=1S/C17H16N2/c1-12-9-10-19-16(11-12)17(18)15-8-4-6-13-5-2-3-7-14(13)15/h2-11,17H,18H2,1H3. The molecule has 94 valence electrons. The lowest BCUT2D eigenvalue weighted by Gasteiger charge is -2.14. The Morgan fingerprint density at radius 1 is 1.00 bits per heavy atom. The smallest absolute Gasteiger partial charge is 0.0732 e. The van der Waals surface area contributed by atoms with Crippen molar-refractivity contribution in [1.29, 1.82) is 0 Å². The average molecular weight is 248 g/mol. The van der Waals surface area contributed by atoms with Gasteiger partial charge in [0, 0.05) is 6.20 Å². The van der Waals surface area contributed by atoms with E-state index in [1.54, 1.807) is 0 Å². The number of nitrogens with zero attached hydrogens (tertiary/aromatic N) is 1. The molecule has 0 spiro atoms. The highest BCUT2D eigenvalue weighted by molar-refractivity contribution is 5.86. The van der Waals surface area contributed by atoms with Crippen LogP contribution in [0.25, 0.3) is 10.8 Å². The fraction of sp³-hybridized carbons (Fsp3) is 0.118. The minimum Gasteiger partial charge on any atom is -0.319 e. The molecule has 0 amide bonds. The molecule has 0 saturated heterocycles. The van der Waals surface area contributed by atoms with Crippen molar-refractivity contribution in [3.63, 3.8) is 0 Å². The number of aromatic nitrogens is 1. The van der Waals surface area contributed by atoms with Crippen molar-refractivity contribution in [2.45, 2.75) is 13.0 Å². The largest absolute Gasteiger partial charge is 0.319 e. The Morgan fingerprint density at radius 2 is 1.79 bits per heavy atom. The van der Waals surface area contributed by atoms with Crippen molar-refractivity contribution in [3.05, 3.63) is 77.6 Å². The first kappa shape index (κ1) is 11.9. The highest BCUT2D eigenvalue weighted by atomic mass is 14.8. The van der Waals surface area contributed by atoms with E-state index in [-0.39, 0.29) is 6.04 Å². The molecule has 1 unspecified atom stereocenters. The van der Waals surface area contributed by atoms with Gasteiger partial charge in [0.1, 0.15) is 0 Å². The molecule has 3 rings (SSSR count). The minimum absolute atomic E-state index is 0.189. The predicted molar refractivity (Wildman–Crippen MR) is 79.0 cm³/mol. The van der Waals surface area contributed by atoms with E-state index < -0.39 is 0 Å². The number of nitrogens with two attached hydrogens (primary N) is 1. The van der Waals surface area contributed by atoms with Crippen LogP contribution in [0.5, 0.6) is 0 Å². The van der Waals surface area contributed by atoms with Gasteiger partial charge in [-0.2, -0.15) is 0 Å². The fourth-order valence-corrected chi connectivity index (χ4v) is 2.41. The SMILES string of the molecule is Cc1ccnc(C(N)c2cccc3ccccc23)c1. The molecular weight excluding hydrogens is 232 g/mol. The molecule has 2 nitrogen and oxygen atoms in total. The highest BCUT2D eigenvalue weighted by Crippen LogP contribution is 2.26. The van der Waals surface area contributed by atoms with Crippen LogP contribution in [-0.2, 0) is 0 Å². The fourth-order valence-electron chi connectivity index (χ4n) is 2.41. The number of rotatable bonds is 2. The second-order valence-electron chi connectivity index (χ2n) is 4.80. The van der Waals surface area contributed by atoms with E-state index in [0.29, 0.717) is 0 Å². The molecule has 0 saturated carbocycles. The zero-order valence-corrected chi connectivity index (χ0v) is 10.9. The molecule has 0 bridgehead atoms. The van der Waals surface area contributed by atoms with Crippen LogP contribution < -0.4 is 5.73 Å². The van der Waals surface area contributed by atoms with Crippen LogP contribution >= 0.6 is 0 Å². The Kier molecular flexibility index (Phi) is 3.02. The number of pyridine rings is 1. The van der Waals surface area contributed by atoms with Crippen LogP contribution in [0.1, 0.15) is 22.9 Å². The third kappa shape index (κ3) is 2.23. The van der Waals surface area contributed by atoms with Gasteiger partial charge in [-0.25, -0.2) is 0 Å². The molecule has 0 fully saturated rings. The number of hydrogen-bond donors (Lipinski definition) is 1. The first-order chi connectivity index (χ1) is 9.25. The van der Waals surface area contributed by atoms with Crippen LogP contribution in [0, 0.1) is 6.92 Å². The van der Waals surface area contributed by atoms with Crippen molar-refractivity contribution >= 4 is 10.8 Å². The second kappa shape index (κ2) is 4.82. The van der Waals surface area contributed by atoms with Crippen molar-refractivity contribution in [2.75, 3.05) is 0 Å². The van der Waals surface area contributed by atoms with Crippen molar-refractivity contribution in [1.82, 2.24) is 4.98 Å². The Balaban J connectivity index is 2.14. The average Bonchev–Trinajstić information content (AvgIpc) is 2.46. The zero-order chi connectivity index (χ0) is 13.2. The summed E-state index contributed by atoms with van der Waals surface area (Å²) in [7, 11) is 0. The lowest BCUT2D eigenvalue weighted by molar-refractivity contribution is 0.834. The van der Waals surface area contributed by atoms with E-state index in [9.17, 15) is 0 Å². The van der Waals surface area contributed by atoms with E-state index in [0.717, 1.165) is 11.3 Å². The van der Waals surface area contributed by atoms with E-state index >= 15 is 0 Å². The van der Waals surface area contributed by atoms with Crippen molar-refractivity contribution < 1.29 is 0 Å². The molecule has 0 aliphatic rings. The molecule has 3 aromatic rings. The summed E-state index contributed by atoms with van der Waals surface area (Å²) in [6.07, 6.45) is 1.82. The summed E-state index contributed by atoms with van der Waals surface area (Å²) in [6, 6.07) is 18.4. The Morgan fingerprint density at radius 3 is 2.63 bits per heavy atom. The van der Waals surface area contributed by atoms with Crippen molar-refractivity contribution in [3.8, 4) is 0 Å². The Labute approximate surface area is 112 Å². The summed E-state index contributed by atoms with van der Waals surface area (Å²) in [5.74, 6) is 0. The summed E-state index contributed by atoms with van der Waals surface area (Å²) in [4.78, 5) is 4.40. The van der Waals surface area contributed by atoms with Gasteiger partial charge in [-0.05, 0) is 41.0 Å². The quantitative estimate of drug-likeness (QED) is 0.752. The summed E-state index contributed by atoms with van der Waals surface area (Å²) >= 11 is 0. The van der Waals surface area contributed by atoms with Gasteiger partial charge in [0.2, 0.25) is 0 Å².